The van der Waals surface area contributed by atoms with Gasteiger partial charge in [-0.3, -0.25) is 0 Å². The molecule has 0 aliphatic rings. The predicted molar refractivity (Wildman–Crippen MR) is 67.0 cm³/mol. The van der Waals surface area contributed by atoms with Crippen LogP contribution in [0.4, 0.5) is 5.82 Å². The molecule has 0 amide bonds. The molecule has 0 aliphatic carbocycles. The third kappa shape index (κ3) is 2.48. The fraction of sp³-hybridized carbons (Fsp3) is 0.455. The fourth-order valence-corrected chi connectivity index (χ4v) is 2.21. The van der Waals surface area contributed by atoms with Crippen molar-refractivity contribution in [3.8, 4) is 0 Å². The van der Waals surface area contributed by atoms with Crippen LogP contribution in [0.5, 0.6) is 0 Å². The summed E-state index contributed by atoms with van der Waals surface area (Å²) < 4.78 is 5.36. The first-order chi connectivity index (χ1) is 7.81. The standard InChI is InChI=1S/C11H15N3OS/c1-3-15-6-8(2)14-10-9-4-5-16-11(9)13-7-12-10/h4-5,7-8H,3,6H2,1-2H3,(H,12,13,14). The SMILES string of the molecule is CCOCC(C)Nc1ncnc2sccc12. The summed E-state index contributed by atoms with van der Waals surface area (Å²) in [6, 6.07) is 2.29. The van der Waals surface area contributed by atoms with Gasteiger partial charge in [0.2, 0.25) is 0 Å². The second kappa shape index (κ2) is 5.23. The molecule has 1 unspecified atom stereocenters. The van der Waals surface area contributed by atoms with Crippen LogP contribution in [0.25, 0.3) is 10.2 Å². The zero-order valence-electron chi connectivity index (χ0n) is 9.43. The minimum Gasteiger partial charge on any atom is -0.380 e. The van der Waals surface area contributed by atoms with Crippen LogP contribution in [0.3, 0.4) is 0 Å². The monoisotopic (exact) mass is 237 g/mol. The van der Waals surface area contributed by atoms with Crippen LogP contribution in [0.1, 0.15) is 13.8 Å². The number of hydrogen-bond acceptors (Lipinski definition) is 5. The van der Waals surface area contributed by atoms with Crippen molar-refractivity contribution in [1.29, 1.82) is 0 Å². The van der Waals surface area contributed by atoms with Gasteiger partial charge in [-0.25, -0.2) is 9.97 Å². The highest BCUT2D eigenvalue weighted by Gasteiger charge is 2.07. The second-order valence-corrected chi connectivity index (χ2v) is 4.46. The summed E-state index contributed by atoms with van der Waals surface area (Å²) in [5.74, 6) is 0.887. The summed E-state index contributed by atoms with van der Waals surface area (Å²) in [6.45, 7) is 5.50. The summed E-state index contributed by atoms with van der Waals surface area (Å²) >= 11 is 1.62. The average molecular weight is 237 g/mol. The smallest absolute Gasteiger partial charge is 0.138 e. The van der Waals surface area contributed by atoms with Crippen LogP contribution in [0.15, 0.2) is 17.8 Å². The van der Waals surface area contributed by atoms with Gasteiger partial charge in [0, 0.05) is 12.6 Å². The molecule has 0 aliphatic heterocycles. The molecule has 0 bridgehead atoms. The molecule has 2 rings (SSSR count). The van der Waals surface area contributed by atoms with Crippen molar-refractivity contribution in [3.63, 3.8) is 0 Å². The number of anilines is 1. The molecule has 86 valence electrons. The molecule has 5 heteroatoms. The van der Waals surface area contributed by atoms with Crippen LogP contribution >= 0.6 is 11.3 Å². The Labute approximate surface area is 98.7 Å². The highest BCUT2D eigenvalue weighted by molar-refractivity contribution is 7.16. The lowest BCUT2D eigenvalue weighted by Gasteiger charge is -2.14. The number of aromatic nitrogens is 2. The maximum absolute atomic E-state index is 5.36. The third-order valence-corrected chi connectivity index (χ3v) is 3.04. The van der Waals surface area contributed by atoms with Crippen molar-refractivity contribution in [2.75, 3.05) is 18.5 Å². The van der Waals surface area contributed by atoms with Crippen LogP contribution in [-0.2, 0) is 4.74 Å². The molecule has 0 fully saturated rings. The predicted octanol–water partition coefficient (Wildman–Crippen LogP) is 2.53. The minimum atomic E-state index is 0.248. The van der Waals surface area contributed by atoms with Gasteiger partial charge in [-0.1, -0.05) is 0 Å². The van der Waals surface area contributed by atoms with Crippen molar-refractivity contribution in [2.45, 2.75) is 19.9 Å². The molecule has 1 N–H and O–H groups in total. The molecular weight excluding hydrogens is 222 g/mol. The van der Waals surface area contributed by atoms with Crippen molar-refractivity contribution in [1.82, 2.24) is 9.97 Å². The Kier molecular flexibility index (Phi) is 3.69. The molecule has 0 radical (unpaired) electrons. The van der Waals surface area contributed by atoms with Crippen molar-refractivity contribution >= 4 is 27.4 Å². The van der Waals surface area contributed by atoms with E-state index in [9.17, 15) is 0 Å². The molecule has 0 spiro atoms. The lowest BCUT2D eigenvalue weighted by Crippen LogP contribution is -2.22. The Bertz CT molecular complexity index is 457. The molecule has 0 saturated heterocycles. The van der Waals surface area contributed by atoms with Gasteiger partial charge in [-0.15, -0.1) is 11.3 Å². The highest BCUT2D eigenvalue weighted by atomic mass is 32.1. The normalized spacial score (nSPS) is 12.9. The largest absolute Gasteiger partial charge is 0.380 e. The maximum atomic E-state index is 5.36. The van der Waals surface area contributed by atoms with Crippen molar-refractivity contribution in [2.24, 2.45) is 0 Å². The lowest BCUT2D eigenvalue weighted by molar-refractivity contribution is 0.141. The number of thiophene rings is 1. The molecule has 16 heavy (non-hydrogen) atoms. The second-order valence-electron chi connectivity index (χ2n) is 3.57. The van der Waals surface area contributed by atoms with Crippen LogP contribution in [-0.4, -0.2) is 29.2 Å². The van der Waals surface area contributed by atoms with Gasteiger partial charge in [-0.05, 0) is 25.3 Å². The number of fused-ring (bicyclic) bond motifs is 1. The van der Waals surface area contributed by atoms with E-state index in [1.807, 2.05) is 18.4 Å². The van der Waals surface area contributed by atoms with Crippen LogP contribution in [0.2, 0.25) is 0 Å². The Balaban J connectivity index is 2.11. The van der Waals surface area contributed by atoms with E-state index in [-0.39, 0.29) is 6.04 Å². The van der Waals surface area contributed by atoms with Gasteiger partial charge >= 0.3 is 0 Å². The Morgan fingerprint density at radius 3 is 3.19 bits per heavy atom. The molecular formula is C11H15N3OS. The molecule has 2 aromatic heterocycles. The first kappa shape index (κ1) is 11.3. The van der Waals surface area contributed by atoms with Gasteiger partial charge < -0.3 is 10.1 Å². The quantitative estimate of drug-likeness (QED) is 0.868. The zero-order chi connectivity index (χ0) is 11.4. The van der Waals surface area contributed by atoms with E-state index < -0.39 is 0 Å². The van der Waals surface area contributed by atoms with Crippen molar-refractivity contribution in [3.05, 3.63) is 17.8 Å². The van der Waals surface area contributed by atoms with E-state index >= 15 is 0 Å². The summed E-state index contributed by atoms with van der Waals surface area (Å²) in [4.78, 5) is 9.48. The average Bonchev–Trinajstić information content (AvgIpc) is 2.75. The molecule has 1 atom stereocenters. The van der Waals surface area contributed by atoms with E-state index in [0.717, 1.165) is 22.6 Å². The summed E-state index contributed by atoms with van der Waals surface area (Å²) in [6.07, 6.45) is 1.59. The van der Waals surface area contributed by atoms with E-state index in [1.165, 1.54) is 0 Å². The van der Waals surface area contributed by atoms with E-state index in [2.05, 4.69) is 22.2 Å². The summed E-state index contributed by atoms with van der Waals surface area (Å²) in [5.41, 5.74) is 0. The molecule has 2 heterocycles. The first-order valence-corrected chi connectivity index (χ1v) is 6.21. The first-order valence-electron chi connectivity index (χ1n) is 5.33. The van der Waals surface area contributed by atoms with Crippen molar-refractivity contribution < 1.29 is 4.74 Å². The van der Waals surface area contributed by atoms with Gasteiger partial charge in [-0.2, -0.15) is 0 Å². The molecule has 2 aromatic rings. The molecule has 4 nitrogen and oxygen atoms in total. The van der Waals surface area contributed by atoms with Gasteiger partial charge in [0.15, 0.2) is 0 Å². The topological polar surface area (TPSA) is 47.0 Å². The number of rotatable bonds is 5. The van der Waals surface area contributed by atoms with Gasteiger partial charge in [0.1, 0.15) is 17.0 Å². The van der Waals surface area contributed by atoms with Crippen LogP contribution < -0.4 is 5.32 Å². The van der Waals surface area contributed by atoms with Crippen LogP contribution in [0, 0.1) is 0 Å². The Hall–Kier alpha value is -1.20. The summed E-state index contributed by atoms with van der Waals surface area (Å²) in [5, 5.41) is 6.44. The number of nitrogens with zero attached hydrogens (tertiary/aromatic N) is 2. The Morgan fingerprint density at radius 2 is 2.38 bits per heavy atom. The lowest BCUT2D eigenvalue weighted by atomic mass is 10.3. The number of nitrogens with one attached hydrogen (secondary N) is 1. The minimum absolute atomic E-state index is 0.248. The molecule has 0 saturated carbocycles. The zero-order valence-corrected chi connectivity index (χ0v) is 10.3. The fourth-order valence-electron chi connectivity index (χ4n) is 1.47. The highest BCUT2D eigenvalue weighted by Crippen LogP contribution is 2.23. The Morgan fingerprint density at radius 1 is 1.50 bits per heavy atom. The third-order valence-electron chi connectivity index (χ3n) is 2.22. The maximum Gasteiger partial charge on any atom is 0.138 e. The summed E-state index contributed by atoms with van der Waals surface area (Å²) in [7, 11) is 0. The van der Waals surface area contributed by atoms with Gasteiger partial charge in [0.25, 0.3) is 0 Å². The van der Waals surface area contributed by atoms with E-state index in [4.69, 9.17) is 4.74 Å². The number of hydrogen-bond donors (Lipinski definition) is 1. The van der Waals surface area contributed by atoms with Gasteiger partial charge in [0.05, 0.1) is 12.0 Å². The van der Waals surface area contributed by atoms with E-state index in [0.29, 0.717) is 6.61 Å². The molecule has 0 aromatic carbocycles. The van der Waals surface area contributed by atoms with E-state index in [1.54, 1.807) is 17.7 Å². The number of ether oxygens (including phenoxy) is 1.